The molecule has 0 radical (unpaired) electrons. The molecule has 1 aliphatic carbocycles. The minimum Gasteiger partial charge on any atom is -0.352 e. The number of carbonyl (C=O) groups excluding carboxylic acids is 1. The van der Waals surface area contributed by atoms with Gasteiger partial charge in [-0.2, -0.15) is 5.10 Å². The summed E-state index contributed by atoms with van der Waals surface area (Å²) in [5.41, 5.74) is 1.04. The van der Waals surface area contributed by atoms with Crippen molar-refractivity contribution in [3.8, 4) is 0 Å². The lowest BCUT2D eigenvalue weighted by Crippen LogP contribution is -2.39. The average molecular weight is 354 g/mol. The number of aromatic nitrogens is 5. The van der Waals surface area contributed by atoms with Crippen molar-refractivity contribution in [3.63, 3.8) is 0 Å². The van der Waals surface area contributed by atoms with E-state index in [1.165, 1.54) is 23.8 Å². The Bertz CT molecular complexity index is 984. The van der Waals surface area contributed by atoms with Gasteiger partial charge in [-0.15, -0.1) is 10.2 Å². The van der Waals surface area contributed by atoms with Gasteiger partial charge in [-0.1, -0.05) is 32.1 Å². The van der Waals surface area contributed by atoms with Gasteiger partial charge < -0.3 is 9.88 Å². The number of hydrogen-bond donors (Lipinski definition) is 1. The van der Waals surface area contributed by atoms with Crippen molar-refractivity contribution in [1.29, 1.82) is 0 Å². The predicted molar refractivity (Wildman–Crippen MR) is 96.8 cm³/mol. The van der Waals surface area contributed by atoms with Gasteiger partial charge in [0.05, 0.1) is 6.20 Å². The first-order valence-electron chi connectivity index (χ1n) is 9.21. The second kappa shape index (κ2) is 7.23. The smallest absolute Gasteiger partial charge is 0.281 e. The molecule has 1 aliphatic rings. The number of carbonyl (C=O) groups is 1. The summed E-state index contributed by atoms with van der Waals surface area (Å²) in [4.78, 5) is 25.1. The summed E-state index contributed by atoms with van der Waals surface area (Å²) >= 11 is 0. The molecular weight excluding hydrogens is 332 g/mol. The molecule has 0 spiro atoms. The fourth-order valence-electron chi connectivity index (χ4n) is 3.63. The Hall–Kier alpha value is -2.77. The molecule has 0 aliphatic heterocycles. The molecule has 8 heteroatoms. The fourth-order valence-corrected chi connectivity index (χ4v) is 3.63. The average Bonchev–Trinajstić information content (AvgIpc) is 3.08. The van der Waals surface area contributed by atoms with E-state index in [9.17, 15) is 9.59 Å². The third kappa shape index (κ3) is 3.31. The van der Waals surface area contributed by atoms with Crippen LogP contribution in [0.2, 0.25) is 0 Å². The minimum atomic E-state index is -0.333. The normalized spacial score (nSPS) is 16.5. The van der Waals surface area contributed by atoms with Crippen LogP contribution in [0.25, 0.3) is 16.7 Å². The molecule has 26 heavy (non-hydrogen) atoms. The molecule has 0 atom stereocenters. The Morgan fingerprint density at radius 2 is 1.88 bits per heavy atom. The highest BCUT2D eigenvalue weighted by molar-refractivity contribution is 5.78. The lowest BCUT2D eigenvalue weighted by Gasteiger charge is -2.21. The summed E-state index contributed by atoms with van der Waals surface area (Å²) in [6, 6.07) is 3.68. The van der Waals surface area contributed by atoms with Crippen LogP contribution in [0.15, 0.2) is 29.3 Å². The molecule has 3 aromatic heterocycles. The van der Waals surface area contributed by atoms with Crippen LogP contribution in [-0.2, 0) is 11.3 Å². The van der Waals surface area contributed by atoms with Gasteiger partial charge in [-0.3, -0.25) is 9.59 Å². The molecule has 1 N–H and O–H groups in total. The summed E-state index contributed by atoms with van der Waals surface area (Å²) in [5, 5.41) is 15.3. The van der Waals surface area contributed by atoms with E-state index in [-0.39, 0.29) is 29.6 Å². The lowest BCUT2D eigenvalue weighted by molar-refractivity contribution is -0.122. The number of fused-ring (bicyclic) bond motifs is 3. The molecule has 3 aromatic rings. The molecule has 3 heterocycles. The van der Waals surface area contributed by atoms with E-state index < -0.39 is 0 Å². The van der Waals surface area contributed by atoms with Crippen molar-refractivity contribution in [2.75, 3.05) is 0 Å². The summed E-state index contributed by atoms with van der Waals surface area (Å²) < 4.78 is 2.95. The first kappa shape index (κ1) is 16.7. The maximum atomic E-state index is 12.7. The first-order chi connectivity index (χ1) is 12.7. The highest BCUT2D eigenvalue weighted by atomic mass is 16.2. The van der Waals surface area contributed by atoms with Gasteiger partial charge in [0.2, 0.25) is 5.91 Å². The zero-order valence-electron chi connectivity index (χ0n) is 14.6. The van der Waals surface area contributed by atoms with E-state index in [2.05, 4.69) is 20.6 Å². The molecule has 8 nitrogen and oxygen atoms in total. The molecule has 0 aromatic carbocycles. The van der Waals surface area contributed by atoms with Crippen molar-refractivity contribution in [3.05, 3.63) is 34.9 Å². The van der Waals surface area contributed by atoms with E-state index in [0.717, 1.165) is 25.7 Å². The fraction of sp³-hybridized carbons (Fsp3) is 0.500. The van der Waals surface area contributed by atoms with Gasteiger partial charge in [0.15, 0.2) is 11.2 Å². The third-order valence-corrected chi connectivity index (χ3v) is 5.01. The molecule has 1 amide bonds. The van der Waals surface area contributed by atoms with Crippen LogP contribution in [0.4, 0.5) is 0 Å². The zero-order valence-corrected chi connectivity index (χ0v) is 14.6. The lowest BCUT2D eigenvalue weighted by atomic mass is 9.97. The number of nitrogens with zero attached hydrogens (tertiary/aromatic N) is 5. The Morgan fingerprint density at radius 3 is 2.69 bits per heavy atom. The number of hydrogen-bond acceptors (Lipinski definition) is 5. The van der Waals surface area contributed by atoms with Crippen molar-refractivity contribution >= 4 is 22.6 Å². The van der Waals surface area contributed by atoms with Gasteiger partial charge in [-0.05, 0) is 18.9 Å². The van der Waals surface area contributed by atoms with Crippen LogP contribution >= 0.6 is 0 Å². The topological polar surface area (TPSA) is 94.2 Å². The number of pyridine rings is 1. The quantitative estimate of drug-likeness (QED) is 0.772. The Morgan fingerprint density at radius 1 is 1.12 bits per heavy atom. The molecule has 136 valence electrons. The van der Waals surface area contributed by atoms with Crippen LogP contribution in [0, 0.1) is 0 Å². The van der Waals surface area contributed by atoms with Crippen molar-refractivity contribution in [1.82, 2.24) is 29.7 Å². The van der Waals surface area contributed by atoms with Crippen LogP contribution in [0.1, 0.15) is 44.9 Å². The standard InChI is InChI=1S/C18H22N6O2/c25-16(20-13-6-4-2-1-3-5-7-13)12-23-11-9-14-17(18(23)26)22-21-15-8-10-19-24(14)15/h8-11,13H,1-7,12H2,(H,20,25). The van der Waals surface area contributed by atoms with Crippen molar-refractivity contribution in [2.24, 2.45) is 0 Å². The monoisotopic (exact) mass is 354 g/mol. The van der Waals surface area contributed by atoms with Gasteiger partial charge in [0.25, 0.3) is 5.56 Å². The van der Waals surface area contributed by atoms with Gasteiger partial charge in [-0.25, -0.2) is 4.52 Å². The second-order valence-corrected chi connectivity index (χ2v) is 6.89. The largest absolute Gasteiger partial charge is 0.352 e. The van der Waals surface area contributed by atoms with Crippen LogP contribution in [0.5, 0.6) is 0 Å². The van der Waals surface area contributed by atoms with Crippen molar-refractivity contribution in [2.45, 2.75) is 57.5 Å². The predicted octanol–water partition coefficient (Wildman–Crippen LogP) is 1.67. The Labute approximate surface area is 150 Å². The summed E-state index contributed by atoms with van der Waals surface area (Å²) in [6.07, 6.45) is 11.3. The number of amides is 1. The second-order valence-electron chi connectivity index (χ2n) is 6.89. The molecule has 1 saturated carbocycles. The molecule has 1 fully saturated rings. The van der Waals surface area contributed by atoms with Gasteiger partial charge in [0.1, 0.15) is 12.1 Å². The van der Waals surface area contributed by atoms with Crippen LogP contribution in [0.3, 0.4) is 0 Å². The molecule has 4 rings (SSSR count). The van der Waals surface area contributed by atoms with Crippen molar-refractivity contribution < 1.29 is 4.79 Å². The highest BCUT2D eigenvalue weighted by Gasteiger charge is 2.16. The molecule has 0 saturated heterocycles. The van der Waals surface area contributed by atoms with Gasteiger partial charge in [0, 0.05) is 18.3 Å². The maximum Gasteiger partial charge on any atom is 0.281 e. The summed E-state index contributed by atoms with van der Waals surface area (Å²) in [5.74, 6) is -0.134. The third-order valence-electron chi connectivity index (χ3n) is 5.01. The van der Waals surface area contributed by atoms with E-state index in [4.69, 9.17) is 0 Å². The number of rotatable bonds is 3. The highest BCUT2D eigenvalue weighted by Crippen LogP contribution is 2.17. The number of nitrogens with one attached hydrogen (secondary N) is 1. The van der Waals surface area contributed by atoms with E-state index in [1.807, 2.05) is 0 Å². The van der Waals surface area contributed by atoms with E-state index >= 15 is 0 Å². The van der Waals surface area contributed by atoms with E-state index in [1.54, 1.807) is 29.0 Å². The van der Waals surface area contributed by atoms with Gasteiger partial charge >= 0.3 is 0 Å². The molecular formula is C18H22N6O2. The SMILES string of the molecule is O=C(Cn1ccc2c(nnc3ccnn32)c1=O)NC1CCCCCCC1. The molecule has 0 unspecified atom stereocenters. The van der Waals surface area contributed by atoms with E-state index in [0.29, 0.717) is 11.2 Å². The Balaban J connectivity index is 1.53. The maximum absolute atomic E-state index is 12.7. The summed E-state index contributed by atoms with van der Waals surface area (Å²) in [7, 11) is 0. The van der Waals surface area contributed by atoms with Crippen LogP contribution < -0.4 is 10.9 Å². The summed E-state index contributed by atoms with van der Waals surface area (Å²) in [6.45, 7) is -0.00982. The minimum absolute atomic E-state index is 0.00982. The van der Waals surface area contributed by atoms with Crippen LogP contribution in [-0.4, -0.2) is 36.3 Å². The zero-order chi connectivity index (χ0) is 17.9. The molecule has 0 bridgehead atoms. The first-order valence-corrected chi connectivity index (χ1v) is 9.21. The Kier molecular flexibility index (Phi) is 4.64.